The third-order valence-electron chi connectivity index (χ3n) is 1.25. The molecule has 1 heterocycles. The van der Waals surface area contributed by atoms with Crippen LogP contribution >= 0.6 is 0 Å². The van der Waals surface area contributed by atoms with Crippen LogP contribution < -0.4 is 5.23 Å². The average molecular weight is 144 g/mol. The van der Waals surface area contributed by atoms with Gasteiger partial charge in [0.1, 0.15) is 5.69 Å². The van der Waals surface area contributed by atoms with Gasteiger partial charge in [0.15, 0.2) is 5.76 Å². The molecule has 0 saturated heterocycles. The Morgan fingerprint density at radius 3 is 2.40 bits per heavy atom. The number of hydrogen-bond donors (Lipinski definition) is 2. The lowest BCUT2D eigenvalue weighted by molar-refractivity contribution is -0.991. The number of aromatic nitrogens is 1. The normalized spacial score (nSPS) is 13.6. The molecule has 1 rings (SSSR count). The summed E-state index contributed by atoms with van der Waals surface area (Å²) >= 11 is 0. The molecule has 1 unspecified atom stereocenters. The van der Waals surface area contributed by atoms with Crippen molar-refractivity contribution < 1.29 is 15.0 Å². The van der Waals surface area contributed by atoms with Crippen molar-refractivity contribution in [1.29, 1.82) is 0 Å². The van der Waals surface area contributed by atoms with E-state index in [9.17, 15) is 5.21 Å². The Bertz CT molecular complexity index is 211. The quantitative estimate of drug-likeness (QED) is 0.530. The van der Waals surface area contributed by atoms with Gasteiger partial charge in [0.2, 0.25) is 5.69 Å². The first kappa shape index (κ1) is 7.20. The predicted molar refractivity (Wildman–Crippen MR) is 31.8 cm³/mol. The van der Waals surface area contributed by atoms with Crippen molar-refractivity contribution in [3.63, 3.8) is 0 Å². The van der Waals surface area contributed by atoms with Crippen LogP contribution in [0, 0.1) is 19.1 Å². The molecule has 5 heteroatoms. The zero-order chi connectivity index (χ0) is 7.72. The smallest absolute Gasteiger partial charge is 0.229 e. The third-order valence-corrected chi connectivity index (χ3v) is 1.25. The van der Waals surface area contributed by atoms with Gasteiger partial charge in [-0.2, -0.15) is 5.23 Å². The zero-order valence-corrected chi connectivity index (χ0v) is 5.71. The van der Waals surface area contributed by atoms with Crippen molar-refractivity contribution >= 4 is 5.69 Å². The molecule has 1 aromatic rings. The molecule has 1 atom stereocenters. The number of nitrogens with one attached hydrogen (secondary N) is 1. The number of aryl methyl sites for hydroxylation is 2. The summed E-state index contributed by atoms with van der Waals surface area (Å²) in [4.78, 5) is 0. The fourth-order valence-electron chi connectivity index (χ4n) is 0.788. The highest BCUT2D eigenvalue weighted by Gasteiger charge is 2.14. The summed E-state index contributed by atoms with van der Waals surface area (Å²) in [5.41, 5.74) is 0.588. The van der Waals surface area contributed by atoms with Crippen LogP contribution in [0.5, 0.6) is 0 Å². The Labute approximate surface area is 57.4 Å². The lowest BCUT2D eigenvalue weighted by Gasteiger charge is -2.09. The molecule has 0 aromatic carbocycles. The van der Waals surface area contributed by atoms with Crippen LogP contribution in [0.4, 0.5) is 5.69 Å². The third kappa shape index (κ3) is 1.02. The largest absolute Gasteiger partial charge is 0.595 e. The summed E-state index contributed by atoms with van der Waals surface area (Å²) in [5, 5.41) is 21.4. The van der Waals surface area contributed by atoms with Crippen molar-refractivity contribution in [1.82, 2.24) is 5.16 Å². The molecule has 0 fully saturated rings. The summed E-state index contributed by atoms with van der Waals surface area (Å²) in [6.07, 6.45) is 0. The second-order valence-corrected chi connectivity index (χ2v) is 2.00. The second-order valence-electron chi connectivity index (χ2n) is 2.00. The highest BCUT2D eigenvalue weighted by Crippen LogP contribution is 2.12. The minimum Gasteiger partial charge on any atom is -0.595 e. The van der Waals surface area contributed by atoms with Gasteiger partial charge in [0.05, 0.1) is 0 Å². The van der Waals surface area contributed by atoms with E-state index in [0.717, 1.165) is 0 Å². The molecule has 10 heavy (non-hydrogen) atoms. The fraction of sp³-hybridized carbons (Fsp3) is 0.400. The molecule has 0 aliphatic heterocycles. The molecule has 1 aromatic heterocycles. The molecular weight excluding hydrogens is 136 g/mol. The molecule has 5 nitrogen and oxygen atoms in total. The van der Waals surface area contributed by atoms with Gasteiger partial charge in [0, 0.05) is 6.92 Å². The lowest BCUT2D eigenvalue weighted by Crippen LogP contribution is -2.99. The highest BCUT2D eigenvalue weighted by atomic mass is 16.8. The maximum atomic E-state index is 10.4. The van der Waals surface area contributed by atoms with Crippen LogP contribution in [0.15, 0.2) is 4.52 Å². The summed E-state index contributed by atoms with van der Waals surface area (Å²) in [6, 6.07) is 0. The maximum Gasteiger partial charge on any atom is 0.229 e. The van der Waals surface area contributed by atoms with Crippen LogP contribution in [0.25, 0.3) is 0 Å². The zero-order valence-electron chi connectivity index (χ0n) is 5.71. The Morgan fingerprint density at radius 1 is 1.60 bits per heavy atom. The highest BCUT2D eigenvalue weighted by molar-refractivity contribution is 5.35. The van der Waals surface area contributed by atoms with E-state index in [0.29, 0.717) is 11.5 Å². The standard InChI is InChI=1S/C5H8N2O3/c1-3-5(7(8)9)4(2)10-6-3/h7-8H,1-2H3. The SMILES string of the molecule is Cc1noc(C)c1[NH+]([O-])O. The number of hydrogen-bond acceptors (Lipinski definition) is 4. The molecular formula is C5H8N2O3. The topological polar surface area (TPSA) is 73.8 Å². The van der Waals surface area contributed by atoms with Crippen molar-refractivity contribution in [2.75, 3.05) is 0 Å². The summed E-state index contributed by atoms with van der Waals surface area (Å²) in [5.74, 6) is 0.352. The molecule has 56 valence electrons. The van der Waals surface area contributed by atoms with E-state index in [4.69, 9.17) is 5.21 Å². The lowest BCUT2D eigenvalue weighted by atomic mass is 10.3. The van der Waals surface area contributed by atoms with Gasteiger partial charge in [-0.1, -0.05) is 5.16 Å². The Kier molecular flexibility index (Phi) is 1.71. The van der Waals surface area contributed by atoms with E-state index in [1.807, 2.05) is 0 Å². The molecule has 0 aliphatic carbocycles. The molecule has 0 radical (unpaired) electrons. The Hall–Kier alpha value is -0.910. The monoisotopic (exact) mass is 144 g/mol. The van der Waals surface area contributed by atoms with Gasteiger partial charge in [-0.25, -0.2) is 5.21 Å². The minimum atomic E-state index is -0.990. The van der Waals surface area contributed by atoms with Gasteiger partial charge in [0.25, 0.3) is 0 Å². The number of quaternary nitrogens is 1. The first-order valence-corrected chi connectivity index (χ1v) is 2.79. The van der Waals surface area contributed by atoms with Crippen molar-refractivity contribution in [2.45, 2.75) is 13.8 Å². The van der Waals surface area contributed by atoms with Crippen LogP contribution in [-0.2, 0) is 0 Å². The van der Waals surface area contributed by atoms with E-state index in [-0.39, 0.29) is 5.69 Å². The molecule has 0 aliphatic rings. The van der Waals surface area contributed by atoms with Gasteiger partial charge in [-0.05, 0) is 6.92 Å². The van der Waals surface area contributed by atoms with E-state index in [1.165, 1.54) is 0 Å². The van der Waals surface area contributed by atoms with E-state index in [2.05, 4.69) is 9.68 Å². The molecule has 0 saturated carbocycles. The summed E-state index contributed by atoms with van der Waals surface area (Å²) < 4.78 is 4.63. The van der Waals surface area contributed by atoms with Gasteiger partial charge < -0.3 is 9.73 Å². The first-order chi connectivity index (χ1) is 4.63. The molecule has 2 N–H and O–H groups in total. The van der Waals surface area contributed by atoms with E-state index >= 15 is 0 Å². The minimum absolute atomic E-state index is 0.167. The Balaban J connectivity index is 3.10. The van der Waals surface area contributed by atoms with Crippen molar-refractivity contribution in [3.05, 3.63) is 16.7 Å². The summed E-state index contributed by atoms with van der Waals surface area (Å²) in [7, 11) is 0. The van der Waals surface area contributed by atoms with E-state index < -0.39 is 5.23 Å². The fourth-order valence-corrected chi connectivity index (χ4v) is 0.788. The van der Waals surface area contributed by atoms with Gasteiger partial charge >= 0.3 is 0 Å². The second kappa shape index (κ2) is 2.37. The Morgan fingerprint density at radius 2 is 2.20 bits per heavy atom. The van der Waals surface area contributed by atoms with Crippen molar-refractivity contribution in [3.8, 4) is 0 Å². The van der Waals surface area contributed by atoms with Crippen LogP contribution in [0.3, 0.4) is 0 Å². The first-order valence-electron chi connectivity index (χ1n) is 2.79. The summed E-state index contributed by atoms with van der Waals surface area (Å²) in [6.45, 7) is 3.17. The molecule has 0 bridgehead atoms. The average Bonchev–Trinajstić information content (AvgIpc) is 2.11. The van der Waals surface area contributed by atoms with Crippen LogP contribution in [0.2, 0.25) is 0 Å². The number of rotatable bonds is 1. The number of nitrogens with zero attached hydrogens (tertiary/aromatic N) is 1. The molecule has 0 amide bonds. The maximum absolute atomic E-state index is 10.4. The molecule has 0 spiro atoms. The van der Waals surface area contributed by atoms with Crippen LogP contribution in [0.1, 0.15) is 11.5 Å². The predicted octanol–water partition coefficient (Wildman–Crippen LogP) is -0.305. The van der Waals surface area contributed by atoms with Gasteiger partial charge in [-0.3, -0.25) is 0 Å². The van der Waals surface area contributed by atoms with Crippen molar-refractivity contribution in [2.24, 2.45) is 0 Å². The van der Waals surface area contributed by atoms with Gasteiger partial charge in [-0.15, -0.1) is 0 Å². The van der Waals surface area contributed by atoms with Crippen LogP contribution in [-0.4, -0.2) is 10.4 Å². The van der Waals surface area contributed by atoms with E-state index in [1.54, 1.807) is 13.8 Å².